The predicted molar refractivity (Wildman–Crippen MR) is 483 cm³/mol. The van der Waals surface area contributed by atoms with Crippen molar-refractivity contribution in [1.29, 1.82) is 0 Å². The minimum Gasteiger partial charge on any atom is -0.310 e. The molecule has 0 aromatic heterocycles. The second kappa shape index (κ2) is 29.0. The van der Waals surface area contributed by atoms with Crippen LogP contribution in [0.5, 0.6) is 0 Å². The van der Waals surface area contributed by atoms with E-state index in [0.717, 1.165) is 168 Å². The van der Waals surface area contributed by atoms with Gasteiger partial charge in [0.25, 0.3) is 6.71 Å². The Morgan fingerprint density at radius 1 is 0.177 bits per heavy atom. The molecular formula is C110H85BN2. The molecule has 113 heavy (non-hydrogen) atoms. The molecule has 538 valence electrons. The number of anilines is 6. The van der Waals surface area contributed by atoms with Crippen LogP contribution in [0.3, 0.4) is 0 Å². The zero-order chi connectivity index (χ0) is 76.3. The van der Waals surface area contributed by atoms with Gasteiger partial charge in [-0.05, 0) is 152 Å². The van der Waals surface area contributed by atoms with Crippen molar-refractivity contribution < 1.29 is 0 Å². The van der Waals surface area contributed by atoms with Gasteiger partial charge in [-0.3, -0.25) is 0 Å². The third-order valence-electron chi connectivity index (χ3n) is 23.2. The van der Waals surface area contributed by atoms with Crippen molar-refractivity contribution in [3.8, 4) is 134 Å². The fourth-order valence-corrected chi connectivity index (χ4v) is 17.9. The highest BCUT2D eigenvalue weighted by atomic mass is 15.2. The van der Waals surface area contributed by atoms with Crippen molar-refractivity contribution in [1.82, 2.24) is 0 Å². The Kier molecular flexibility index (Phi) is 17.9. The zero-order valence-electron chi connectivity index (χ0n) is 64.7. The second-order valence-electron chi connectivity index (χ2n) is 32.1. The fraction of sp³-hybridized carbons (Fsp3) is 0.0727. The SMILES string of the molecule is CC(C)(C)c1ccc(-c2ccc3c(c2)B2c4cc(-c5ccc(C(C)(C)C)cc5)ccc4N(c4c(-c5ccccc5)c(-c5ccccc5)c(-c5ccccc5)c(-c5ccccc5)c4-c4ccccc4)c4cccc(c42)N3c2c(-c3ccccc3)c(-c3ccccc3)c(-c3ccccc3)c(-c3ccccc3)c2-c2ccccc2)cc1. The zero-order valence-corrected chi connectivity index (χ0v) is 64.7. The molecular weight excluding hydrogens is 1360 g/mol. The molecule has 2 nitrogen and oxygen atoms in total. The first kappa shape index (κ1) is 69.8. The van der Waals surface area contributed by atoms with E-state index in [4.69, 9.17) is 0 Å². The fourth-order valence-electron chi connectivity index (χ4n) is 17.9. The number of rotatable bonds is 14. The number of hydrogen-bond acceptors (Lipinski definition) is 2. The highest BCUT2D eigenvalue weighted by molar-refractivity contribution is 7.00. The van der Waals surface area contributed by atoms with Crippen LogP contribution in [0.25, 0.3) is 134 Å². The van der Waals surface area contributed by atoms with Crippen LogP contribution in [0, 0.1) is 0 Å². The summed E-state index contributed by atoms with van der Waals surface area (Å²) < 4.78 is 0. The number of hydrogen-bond donors (Lipinski definition) is 0. The molecule has 0 N–H and O–H groups in total. The maximum Gasteiger partial charge on any atom is 0.252 e. The first-order valence-corrected chi connectivity index (χ1v) is 39.7. The van der Waals surface area contributed by atoms with E-state index >= 15 is 0 Å². The summed E-state index contributed by atoms with van der Waals surface area (Å²) in [4.78, 5) is 5.46. The summed E-state index contributed by atoms with van der Waals surface area (Å²) in [5, 5.41) is 0. The molecule has 3 heteroatoms. The summed E-state index contributed by atoms with van der Waals surface area (Å²) in [5.74, 6) is 0. The molecule has 17 aromatic carbocycles. The largest absolute Gasteiger partial charge is 0.310 e. The molecule has 17 aromatic rings. The van der Waals surface area contributed by atoms with Crippen LogP contribution < -0.4 is 26.2 Å². The van der Waals surface area contributed by atoms with E-state index in [-0.39, 0.29) is 17.5 Å². The van der Waals surface area contributed by atoms with Crippen LogP contribution in [0.2, 0.25) is 0 Å². The van der Waals surface area contributed by atoms with Crippen LogP contribution in [0.1, 0.15) is 52.7 Å². The molecule has 0 aliphatic carbocycles. The van der Waals surface area contributed by atoms with Gasteiger partial charge >= 0.3 is 0 Å². The van der Waals surface area contributed by atoms with Gasteiger partial charge in [-0.15, -0.1) is 0 Å². The van der Waals surface area contributed by atoms with Gasteiger partial charge in [-0.1, -0.05) is 424 Å². The summed E-state index contributed by atoms with van der Waals surface area (Å²) in [6.07, 6.45) is 0. The Labute approximate surface area is 666 Å². The van der Waals surface area contributed by atoms with E-state index in [1.165, 1.54) is 27.5 Å². The molecule has 0 atom stereocenters. The van der Waals surface area contributed by atoms with Crippen molar-refractivity contribution >= 4 is 57.2 Å². The second-order valence-corrected chi connectivity index (χ2v) is 32.1. The van der Waals surface area contributed by atoms with Crippen LogP contribution in [-0.2, 0) is 10.8 Å². The monoisotopic (exact) mass is 1440 g/mol. The van der Waals surface area contributed by atoms with Gasteiger partial charge in [0.05, 0.1) is 11.4 Å². The predicted octanol–water partition coefficient (Wildman–Crippen LogP) is 28.4. The molecule has 0 saturated carbocycles. The summed E-state index contributed by atoms with van der Waals surface area (Å²) in [6, 6.07) is 153. The molecule has 2 aliphatic rings. The summed E-state index contributed by atoms with van der Waals surface area (Å²) >= 11 is 0. The molecule has 0 unspecified atom stereocenters. The maximum absolute atomic E-state index is 2.73. The molecule has 0 amide bonds. The van der Waals surface area contributed by atoms with E-state index < -0.39 is 0 Å². The van der Waals surface area contributed by atoms with E-state index in [0.29, 0.717) is 0 Å². The molecule has 0 fully saturated rings. The first-order valence-electron chi connectivity index (χ1n) is 39.7. The lowest BCUT2D eigenvalue weighted by Gasteiger charge is -2.46. The number of benzene rings is 17. The van der Waals surface area contributed by atoms with Crippen molar-refractivity contribution in [2.24, 2.45) is 0 Å². The Balaban J connectivity index is 1.04. The molecule has 19 rings (SSSR count). The average molecular weight is 1450 g/mol. The Morgan fingerprint density at radius 2 is 0.381 bits per heavy atom. The van der Waals surface area contributed by atoms with E-state index in [1.54, 1.807) is 0 Å². The van der Waals surface area contributed by atoms with E-state index in [1.807, 2.05) is 0 Å². The van der Waals surface area contributed by atoms with E-state index in [9.17, 15) is 0 Å². The van der Waals surface area contributed by atoms with Crippen molar-refractivity contribution in [3.63, 3.8) is 0 Å². The van der Waals surface area contributed by atoms with Gasteiger partial charge < -0.3 is 9.80 Å². The van der Waals surface area contributed by atoms with Crippen LogP contribution in [-0.4, -0.2) is 6.71 Å². The topological polar surface area (TPSA) is 6.48 Å². The average Bonchev–Trinajstić information content (AvgIpc) is 0.682. The van der Waals surface area contributed by atoms with Gasteiger partial charge in [-0.2, -0.15) is 0 Å². The minimum atomic E-state index is -0.321. The molecule has 2 aliphatic heterocycles. The van der Waals surface area contributed by atoms with Gasteiger partial charge in [0, 0.05) is 67.3 Å². The molecule has 0 saturated heterocycles. The number of fused-ring (bicyclic) bond motifs is 4. The van der Waals surface area contributed by atoms with Gasteiger partial charge in [0.1, 0.15) is 0 Å². The highest BCUT2D eigenvalue weighted by Crippen LogP contribution is 2.62. The Hall–Kier alpha value is -13.6. The van der Waals surface area contributed by atoms with Gasteiger partial charge in [0.2, 0.25) is 0 Å². The van der Waals surface area contributed by atoms with Crippen LogP contribution in [0.15, 0.2) is 406 Å². The summed E-state index contributed by atoms with van der Waals surface area (Å²) in [7, 11) is 0. The molecule has 2 heterocycles. The lowest BCUT2D eigenvalue weighted by molar-refractivity contribution is 0.590. The van der Waals surface area contributed by atoms with Crippen molar-refractivity contribution in [2.75, 3.05) is 9.80 Å². The third kappa shape index (κ3) is 12.5. The normalized spacial score (nSPS) is 12.3. The van der Waals surface area contributed by atoms with Gasteiger partial charge in [-0.25, -0.2) is 0 Å². The lowest BCUT2D eigenvalue weighted by Crippen LogP contribution is -2.61. The quantitative estimate of drug-likeness (QED) is 0.100. The highest BCUT2D eigenvalue weighted by Gasteiger charge is 2.47. The van der Waals surface area contributed by atoms with Gasteiger partial charge in [0.15, 0.2) is 0 Å². The lowest BCUT2D eigenvalue weighted by atomic mass is 9.33. The Morgan fingerprint density at radius 3 is 0.602 bits per heavy atom. The standard InChI is InChI=1S/C110H85BN2/c1-109(2,3)88-66-60-74(61-67-88)86-64-70-92-90(72-86)111-91-73-87(75-62-68-89(69-63-75)110(4,5)6)65-71-93(91)113(108-104(84-54-33-15-34-55-84)100(80-46-25-11-26-47-80)97(77-40-19-8-20-41-77)101(81-48-27-12-28-49-81)105(108)85-56-35-16-36-57-85)95-59-37-58-94(106(95)111)112(92)107-102(82-50-29-13-30-51-82)98(78-42-21-9-22-43-78)96(76-38-17-7-18-39-76)99(79-44-23-10-24-45-79)103(107)83-52-31-14-32-53-83/h7-73H,1-6H3. The maximum atomic E-state index is 2.73. The van der Waals surface area contributed by atoms with Crippen LogP contribution >= 0.6 is 0 Å². The molecule has 0 spiro atoms. The first-order chi connectivity index (χ1) is 55.4. The number of nitrogens with zero attached hydrogens (tertiary/aromatic N) is 2. The molecule has 0 bridgehead atoms. The van der Waals surface area contributed by atoms with Crippen LogP contribution in [0.4, 0.5) is 34.1 Å². The smallest absolute Gasteiger partial charge is 0.252 e. The Bertz CT molecular complexity index is 5740. The third-order valence-corrected chi connectivity index (χ3v) is 23.2. The van der Waals surface area contributed by atoms with Crippen molar-refractivity contribution in [2.45, 2.75) is 52.4 Å². The summed E-state index contributed by atoms with van der Waals surface area (Å²) in [6.45, 7) is 13.5. The summed E-state index contributed by atoms with van der Waals surface area (Å²) in [5.41, 5.74) is 39.9. The molecule has 0 radical (unpaired) electrons. The van der Waals surface area contributed by atoms with Crippen molar-refractivity contribution in [3.05, 3.63) is 418 Å². The van der Waals surface area contributed by atoms with E-state index in [2.05, 4.69) is 458 Å². The minimum absolute atomic E-state index is 0.0377.